The Morgan fingerprint density at radius 3 is 2.11 bits per heavy atom. The molecule has 0 aliphatic heterocycles. The highest BCUT2D eigenvalue weighted by atomic mass is 15.3. The maximum Gasteiger partial charge on any atom is 0.151 e. The molecule has 0 aromatic carbocycles. The number of fused-ring (bicyclic) bond motifs is 1. The fraction of sp³-hybridized carbons (Fsp3) is 0.600. The molecule has 0 bridgehead atoms. The molecule has 0 saturated carbocycles. The van der Waals surface area contributed by atoms with Gasteiger partial charge in [0.05, 0.1) is 11.7 Å². The molecule has 3 heteroatoms. The van der Waals surface area contributed by atoms with Gasteiger partial charge in [0, 0.05) is 11.6 Å². The molecule has 2 aromatic rings. The molecule has 98 valence electrons. The van der Waals surface area contributed by atoms with Gasteiger partial charge in [-0.1, -0.05) is 41.5 Å². The number of aromatic nitrogens is 3. The molecule has 0 saturated heterocycles. The third kappa shape index (κ3) is 2.14. The van der Waals surface area contributed by atoms with Gasteiger partial charge in [0.2, 0.25) is 0 Å². The SMILES string of the molecule is CC(C)c1ncc2c(C(C)C)cc(C(C)C)n2n1. The highest BCUT2D eigenvalue weighted by Crippen LogP contribution is 2.27. The van der Waals surface area contributed by atoms with Gasteiger partial charge in [-0.15, -0.1) is 0 Å². The van der Waals surface area contributed by atoms with E-state index in [0.717, 1.165) is 11.3 Å². The van der Waals surface area contributed by atoms with Crippen molar-refractivity contribution in [2.45, 2.75) is 59.3 Å². The largest absolute Gasteiger partial charge is 0.237 e. The van der Waals surface area contributed by atoms with Crippen LogP contribution in [-0.2, 0) is 0 Å². The van der Waals surface area contributed by atoms with E-state index >= 15 is 0 Å². The monoisotopic (exact) mass is 245 g/mol. The fourth-order valence-electron chi connectivity index (χ4n) is 2.19. The van der Waals surface area contributed by atoms with Crippen molar-refractivity contribution in [3.8, 4) is 0 Å². The smallest absolute Gasteiger partial charge is 0.151 e. The first kappa shape index (κ1) is 13.1. The summed E-state index contributed by atoms with van der Waals surface area (Å²) in [5.41, 5.74) is 3.77. The van der Waals surface area contributed by atoms with Gasteiger partial charge < -0.3 is 0 Å². The highest BCUT2D eigenvalue weighted by Gasteiger charge is 2.16. The molecule has 0 radical (unpaired) electrons. The van der Waals surface area contributed by atoms with E-state index in [2.05, 4.69) is 57.1 Å². The fourth-order valence-corrected chi connectivity index (χ4v) is 2.19. The minimum absolute atomic E-state index is 0.360. The van der Waals surface area contributed by atoms with Gasteiger partial charge >= 0.3 is 0 Å². The summed E-state index contributed by atoms with van der Waals surface area (Å²) in [6.45, 7) is 13.1. The molecule has 0 atom stereocenters. The van der Waals surface area contributed by atoms with Crippen LogP contribution in [0.1, 0.15) is 76.4 Å². The summed E-state index contributed by atoms with van der Waals surface area (Å²) in [4.78, 5) is 4.49. The zero-order valence-electron chi connectivity index (χ0n) is 12.2. The molecule has 0 unspecified atom stereocenters. The second-order valence-electron chi connectivity index (χ2n) is 5.90. The summed E-state index contributed by atoms with van der Waals surface area (Å²) in [7, 11) is 0. The third-order valence-corrected chi connectivity index (χ3v) is 3.32. The van der Waals surface area contributed by atoms with Crippen molar-refractivity contribution >= 4 is 5.52 Å². The lowest BCUT2D eigenvalue weighted by Gasteiger charge is -2.08. The van der Waals surface area contributed by atoms with E-state index in [-0.39, 0.29) is 0 Å². The van der Waals surface area contributed by atoms with Crippen LogP contribution in [0.3, 0.4) is 0 Å². The van der Waals surface area contributed by atoms with Gasteiger partial charge in [-0.2, -0.15) is 5.10 Å². The van der Waals surface area contributed by atoms with E-state index in [4.69, 9.17) is 5.10 Å². The van der Waals surface area contributed by atoms with Crippen LogP contribution >= 0.6 is 0 Å². The predicted octanol–water partition coefficient (Wildman–Crippen LogP) is 4.10. The standard InChI is InChI=1S/C15H23N3/c1-9(2)12-7-13(10(3)4)18-14(12)8-16-15(17-18)11(5)6/h7-11H,1-6H3. The number of rotatable bonds is 3. The van der Waals surface area contributed by atoms with Crippen molar-refractivity contribution in [1.82, 2.24) is 14.6 Å². The third-order valence-electron chi connectivity index (χ3n) is 3.32. The van der Waals surface area contributed by atoms with E-state index in [0.29, 0.717) is 17.8 Å². The average molecular weight is 245 g/mol. The molecular formula is C15H23N3. The zero-order valence-corrected chi connectivity index (χ0v) is 12.2. The summed E-state index contributed by atoms with van der Waals surface area (Å²) in [5, 5.41) is 4.70. The van der Waals surface area contributed by atoms with Crippen LogP contribution < -0.4 is 0 Å². The summed E-state index contributed by atoms with van der Waals surface area (Å²) >= 11 is 0. The number of hydrogen-bond acceptors (Lipinski definition) is 2. The minimum Gasteiger partial charge on any atom is -0.237 e. The van der Waals surface area contributed by atoms with Crippen LogP contribution in [0.5, 0.6) is 0 Å². The molecule has 0 aliphatic rings. The molecule has 2 aromatic heterocycles. The van der Waals surface area contributed by atoms with E-state index in [1.807, 2.05) is 6.20 Å². The summed E-state index contributed by atoms with van der Waals surface area (Å²) in [5.74, 6) is 2.25. The van der Waals surface area contributed by atoms with Gasteiger partial charge in [-0.25, -0.2) is 9.50 Å². The molecule has 0 N–H and O–H groups in total. The lowest BCUT2D eigenvalue weighted by atomic mass is 10.0. The summed E-state index contributed by atoms with van der Waals surface area (Å²) in [6.07, 6.45) is 1.98. The van der Waals surface area contributed by atoms with Crippen molar-refractivity contribution in [2.24, 2.45) is 0 Å². The molecule has 0 fully saturated rings. The van der Waals surface area contributed by atoms with Gasteiger partial charge in [-0.05, 0) is 23.5 Å². The Balaban J connectivity index is 2.71. The molecule has 0 aliphatic carbocycles. The quantitative estimate of drug-likeness (QED) is 0.815. The lowest BCUT2D eigenvalue weighted by Crippen LogP contribution is -2.06. The molecule has 3 nitrogen and oxygen atoms in total. The first-order chi connectivity index (χ1) is 8.41. The van der Waals surface area contributed by atoms with E-state index < -0.39 is 0 Å². The number of nitrogens with zero attached hydrogens (tertiary/aromatic N) is 3. The molecule has 2 heterocycles. The normalized spacial score (nSPS) is 12.3. The topological polar surface area (TPSA) is 30.2 Å². The maximum atomic E-state index is 4.70. The summed E-state index contributed by atoms with van der Waals surface area (Å²) < 4.78 is 2.09. The van der Waals surface area contributed by atoms with Crippen molar-refractivity contribution in [1.29, 1.82) is 0 Å². The Morgan fingerprint density at radius 2 is 1.61 bits per heavy atom. The van der Waals surface area contributed by atoms with Crippen LogP contribution in [0.25, 0.3) is 5.52 Å². The van der Waals surface area contributed by atoms with E-state index in [1.54, 1.807) is 0 Å². The van der Waals surface area contributed by atoms with Crippen molar-refractivity contribution in [3.05, 3.63) is 29.3 Å². The Kier molecular flexibility index (Phi) is 3.42. The van der Waals surface area contributed by atoms with Gasteiger partial charge in [-0.3, -0.25) is 0 Å². The van der Waals surface area contributed by atoms with Crippen LogP contribution in [0.4, 0.5) is 0 Å². The van der Waals surface area contributed by atoms with E-state index in [9.17, 15) is 0 Å². The Morgan fingerprint density at radius 1 is 0.944 bits per heavy atom. The van der Waals surface area contributed by atoms with Gasteiger partial charge in [0.15, 0.2) is 5.82 Å². The predicted molar refractivity (Wildman–Crippen MR) is 75.3 cm³/mol. The molecule has 2 rings (SSSR count). The second kappa shape index (κ2) is 4.71. The Hall–Kier alpha value is -1.38. The van der Waals surface area contributed by atoms with Crippen molar-refractivity contribution < 1.29 is 0 Å². The first-order valence-electron chi connectivity index (χ1n) is 6.80. The lowest BCUT2D eigenvalue weighted by molar-refractivity contribution is 0.683. The average Bonchev–Trinajstić information content (AvgIpc) is 2.67. The van der Waals surface area contributed by atoms with Crippen LogP contribution in [-0.4, -0.2) is 14.6 Å². The van der Waals surface area contributed by atoms with Crippen LogP contribution in [0.2, 0.25) is 0 Å². The summed E-state index contributed by atoms with van der Waals surface area (Å²) in [6, 6.07) is 2.28. The second-order valence-corrected chi connectivity index (χ2v) is 5.90. The Bertz CT molecular complexity index is 550. The molecular weight excluding hydrogens is 222 g/mol. The van der Waals surface area contributed by atoms with Crippen molar-refractivity contribution in [3.63, 3.8) is 0 Å². The first-order valence-corrected chi connectivity index (χ1v) is 6.80. The van der Waals surface area contributed by atoms with Gasteiger partial charge in [0.1, 0.15) is 0 Å². The maximum absolute atomic E-state index is 4.70. The van der Waals surface area contributed by atoms with Crippen molar-refractivity contribution in [2.75, 3.05) is 0 Å². The zero-order chi connectivity index (χ0) is 13.4. The minimum atomic E-state index is 0.360. The number of hydrogen-bond donors (Lipinski definition) is 0. The molecule has 0 spiro atoms. The molecule has 18 heavy (non-hydrogen) atoms. The Labute approximate surface area is 109 Å². The van der Waals surface area contributed by atoms with Gasteiger partial charge in [0.25, 0.3) is 0 Å². The van der Waals surface area contributed by atoms with Crippen LogP contribution in [0, 0.1) is 0 Å². The van der Waals surface area contributed by atoms with Crippen LogP contribution in [0.15, 0.2) is 12.3 Å². The molecule has 0 amide bonds. The highest BCUT2D eigenvalue weighted by molar-refractivity contribution is 5.57. The van der Waals surface area contributed by atoms with E-state index in [1.165, 1.54) is 11.3 Å².